The molecule has 3 heterocycles. The number of anilines is 1. The van der Waals surface area contributed by atoms with E-state index in [2.05, 4.69) is 10.00 Å². The van der Waals surface area contributed by atoms with E-state index in [9.17, 15) is 4.79 Å². The average molecular weight is 390 g/mol. The van der Waals surface area contributed by atoms with Crippen LogP contribution in [0.4, 0.5) is 5.13 Å². The molecule has 0 atom stereocenters. The van der Waals surface area contributed by atoms with Gasteiger partial charge >= 0.3 is 0 Å². The molecule has 1 aliphatic heterocycles. The molecule has 1 aliphatic rings. The minimum atomic E-state index is 0.0480. The number of carbonyl (C=O) groups is 1. The predicted molar refractivity (Wildman–Crippen MR) is 105 cm³/mol. The third-order valence-electron chi connectivity index (χ3n) is 4.74. The van der Waals surface area contributed by atoms with E-state index < -0.39 is 0 Å². The molecule has 4 rings (SSSR count). The highest BCUT2D eigenvalue weighted by Gasteiger charge is 2.23. The molecule has 6 nitrogen and oxygen atoms in total. The average Bonchev–Trinajstić information content (AvgIpc) is 3.18. The number of carbonyl (C=O) groups excluding carboxylic acids is 1. The second-order valence-corrected chi connectivity index (χ2v) is 7.97. The molecular formula is C18H20ClN5OS. The van der Waals surface area contributed by atoms with Crippen molar-refractivity contribution in [3.8, 4) is 0 Å². The minimum Gasteiger partial charge on any atom is -0.346 e. The summed E-state index contributed by atoms with van der Waals surface area (Å²) in [5.74, 6) is 0.0480. The van der Waals surface area contributed by atoms with Gasteiger partial charge in [-0.2, -0.15) is 5.10 Å². The van der Waals surface area contributed by atoms with Crippen LogP contribution in [0.2, 0.25) is 5.02 Å². The summed E-state index contributed by atoms with van der Waals surface area (Å²) in [5.41, 5.74) is 2.64. The van der Waals surface area contributed by atoms with Gasteiger partial charge in [0, 0.05) is 44.4 Å². The number of thiazole rings is 1. The van der Waals surface area contributed by atoms with Crippen LogP contribution in [0.25, 0.3) is 10.2 Å². The molecule has 0 spiro atoms. The summed E-state index contributed by atoms with van der Waals surface area (Å²) in [7, 11) is 1.82. The maximum atomic E-state index is 12.7. The number of aryl methyl sites for hydroxylation is 2. The van der Waals surface area contributed by atoms with Gasteiger partial charge in [-0.25, -0.2) is 4.98 Å². The summed E-state index contributed by atoms with van der Waals surface area (Å²) in [6.45, 7) is 5.11. The van der Waals surface area contributed by atoms with E-state index in [1.807, 2.05) is 31.0 Å². The van der Waals surface area contributed by atoms with Crippen molar-refractivity contribution < 1.29 is 4.79 Å². The Kier molecular flexibility index (Phi) is 4.58. The lowest BCUT2D eigenvalue weighted by Crippen LogP contribution is -2.35. The van der Waals surface area contributed by atoms with Crippen LogP contribution in [-0.2, 0) is 7.05 Å². The van der Waals surface area contributed by atoms with E-state index >= 15 is 0 Å². The van der Waals surface area contributed by atoms with Gasteiger partial charge in [0.25, 0.3) is 5.91 Å². The molecule has 0 bridgehead atoms. The van der Waals surface area contributed by atoms with Crippen LogP contribution < -0.4 is 4.90 Å². The molecule has 0 saturated carbocycles. The van der Waals surface area contributed by atoms with Gasteiger partial charge in [0.1, 0.15) is 0 Å². The van der Waals surface area contributed by atoms with Crippen LogP contribution >= 0.6 is 22.9 Å². The highest BCUT2D eigenvalue weighted by atomic mass is 35.5. The monoisotopic (exact) mass is 389 g/mol. The molecule has 1 saturated heterocycles. The van der Waals surface area contributed by atoms with Crippen LogP contribution in [0.1, 0.15) is 22.3 Å². The smallest absolute Gasteiger partial charge is 0.257 e. The first kappa shape index (κ1) is 17.3. The Bertz CT molecular complexity index is 966. The fourth-order valence-electron chi connectivity index (χ4n) is 3.25. The summed E-state index contributed by atoms with van der Waals surface area (Å²) in [4.78, 5) is 21.7. The molecule has 26 heavy (non-hydrogen) atoms. The number of hydrogen-bond donors (Lipinski definition) is 0. The van der Waals surface area contributed by atoms with Crippen molar-refractivity contribution in [3.63, 3.8) is 0 Å². The molecule has 0 aliphatic carbocycles. The summed E-state index contributed by atoms with van der Waals surface area (Å²) >= 11 is 7.91. The lowest BCUT2D eigenvalue weighted by atomic mass is 10.2. The number of fused-ring (bicyclic) bond motifs is 1. The van der Waals surface area contributed by atoms with Crippen molar-refractivity contribution in [2.24, 2.45) is 7.05 Å². The Labute approximate surface area is 161 Å². The number of hydrogen-bond acceptors (Lipinski definition) is 5. The summed E-state index contributed by atoms with van der Waals surface area (Å²) < 4.78 is 2.81. The van der Waals surface area contributed by atoms with Crippen LogP contribution in [-0.4, -0.2) is 51.8 Å². The lowest BCUT2D eigenvalue weighted by Gasteiger charge is -2.21. The number of rotatable bonds is 2. The lowest BCUT2D eigenvalue weighted by molar-refractivity contribution is 0.0767. The van der Waals surface area contributed by atoms with Crippen molar-refractivity contribution >= 4 is 44.2 Å². The van der Waals surface area contributed by atoms with Gasteiger partial charge in [0.05, 0.1) is 22.0 Å². The van der Waals surface area contributed by atoms with Gasteiger partial charge in [0.2, 0.25) is 0 Å². The first-order chi connectivity index (χ1) is 12.5. The van der Waals surface area contributed by atoms with Crippen LogP contribution in [0.15, 0.2) is 24.5 Å². The molecule has 1 fully saturated rings. The zero-order valence-electron chi connectivity index (χ0n) is 14.8. The van der Waals surface area contributed by atoms with Crippen LogP contribution in [0.5, 0.6) is 0 Å². The van der Waals surface area contributed by atoms with Gasteiger partial charge < -0.3 is 9.80 Å². The first-order valence-corrected chi connectivity index (χ1v) is 9.81. The van der Waals surface area contributed by atoms with Crippen molar-refractivity contribution in [1.82, 2.24) is 19.7 Å². The molecule has 0 unspecified atom stereocenters. The second kappa shape index (κ2) is 6.89. The highest BCUT2D eigenvalue weighted by molar-refractivity contribution is 7.22. The van der Waals surface area contributed by atoms with Gasteiger partial charge in [-0.05, 0) is 31.0 Å². The van der Waals surface area contributed by atoms with Gasteiger partial charge in [-0.15, -0.1) is 0 Å². The first-order valence-electron chi connectivity index (χ1n) is 8.61. The van der Waals surface area contributed by atoms with E-state index in [1.165, 1.54) is 0 Å². The SMILES string of the molecule is Cc1c(Cl)ccc2sc(N3CCCN(C(=O)c4cnn(C)c4)CC3)nc12. The van der Waals surface area contributed by atoms with E-state index in [0.29, 0.717) is 12.1 Å². The van der Waals surface area contributed by atoms with E-state index in [0.717, 1.165) is 52.0 Å². The van der Waals surface area contributed by atoms with Crippen LogP contribution in [0.3, 0.4) is 0 Å². The third kappa shape index (κ3) is 3.17. The molecule has 1 aromatic carbocycles. The number of benzene rings is 1. The Morgan fingerprint density at radius 1 is 1.23 bits per heavy atom. The van der Waals surface area contributed by atoms with E-state index in [1.54, 1.807) is 28.4 Å². The minimum absolute atomic E-state index is 0.0480. The highest BCUT2D eigenvalue weighted by Crippen LogP contribution is 2.33. The maximum absolute atomic E-state index is 12.7. The Morgan fingerprint density at radius 3 is 2.85 bits per heavy atom. The van der Waals surface area contributed by atoms with Crippen molar-refractivity contribution in [3.05, 3.63) is 40.7 Å². The van der Waals surface area contributed by atoms with E-state index in [4.69, 9.17) is 16.6 Å². The normalized spacial score (nSPS) is 15.5. The van der Waals surface area contributed by atoms with Crippen molar-refractivity contribution in [2.45, 2.75) is 13.3 Å². The standard InChI is InChI=1S/C18H20ClN5OS/c1-12-14(19)4-5-15-16(12)21-18(26-15)24-7-3-6-23(8-9-24)17(25)13-10-20-22(2)11-13/h4-5,10-11H,3,6-9H2,1-2H3. The van der Waals surface area contributed by atoms with Gasteiger partial charge in [-0.1, -0.05) is 22.9 Å². The number of amides is 1. The molecular weight excluding hydrogens is 370 g/mol. The summed E-state index contributed by atoms with van der Waals surface area (Å²) in [6.07, 6.45) is 4.32. The summed E-state index contributed by atoms with van der Waals surface area (Å²) in [6, 6.07) is 3.96. The number of nitrogens with zero attached hydrogens (tertiary/aromatic N) is 5. The zero-order chi connectivity index (χ0) is 18.3. The fraction of sp³-hybridized carbons (Fsp3) is 0.389. The third-order valence-corrected chi connectivity index (χ3v) is 6.23. The van der Waals surface area contributed by atoms with Crippen molar-refractivity contribution in [2.75, 3.05) is 31.1 Å². The Morgan fingerprint density at radius 2 is 2.08 bits per heavy atom. The fourth-order valence-corrected chi connectivity index (χ4v) is 4.48. The molecule has 8 heteroatoms. The maximum Gasteiger partial charge on any atom is 0.257 e. The van der Waals surface area contributed by atoms with Gasteiger partial charge in [-0.3, -0.25) is 9.48 Å². The van der Waals surface area contributed by atoms with Crippen molar-refractivity contribution in [1.29, 1.82) is 0 Å². The Hall–Kier alpha value is -2.12. The van der Waals surface area contributed by atoms with Gasteiger partial charge in [0.15, 0.2) is 5.13 Å². The second-order valence-electron chi connectivity index (χ2n) is 6.55. The topological polar surface area (TPSA) is 54.3 Å². The number of halogens is 1. The van der Waals surface area contributed by atoms with Crippen LogP contribution in [0, 0.1) is 6.92 Å². The van der Waals surface area contributed by atoms with E-state index in [-0.39, 0.29) is 5.91 Å². The quantitative estimate of drug-likeness (QED) is 0.674. The molecule has 0 radical (unpaired) electrons. The molecule has 0 N–H and O–H groups in total. The Balaban J connectivity index is 1.52. The molecule has 2 aromatic heterocycles. The zero-order valence-corrected chi connectivity index (χ0v) is 16.3. The summed E-state index contributed by atoms with van der Waals surface area (Å²) in [5, 5.41) is 5.85. The largest absolute Gasteiger partial charge is 0.346 e. The predicted octanol–water partition coefficient (Wildman–Crippen LogP) is 3.34. The molecule has 136 valence electrons. The number of aromatic nitrogens is 3. The molecule has 1 amide bonds. The molecule has 3 aromatic rings.